The third-order valence-corrected chi connectivity index (χ3v) is 3.89. The highest BCUT2D eigenvalue weighted by Gasteiger charge is 2.32. The standard InChI is InChI=1S/C14H23N3O4/c18-12(16-8-1-2-9-16)5-7-15-14(21)17(11-3-4-11)10-6-13(19)20/h11H,1-10H2,(H,15,21)(H,19,20). The number of carbonyl (C=O) groups is 3. The molecular weight excluding hydrogens is 274 g/mol. The fraction of sp³-hybridized carbons (Fsp3) is 0.786. The molecule has 1 aliphatic heterocycles. The number of carboxylic acid groups (broad SMARTS) is 1. The van der Waals surface area contributed by atoms with Gasteiger partial charge in [-0.25, -0.2) is 4.79 Å². The zero-order valence-electron chi connectivity index (χ0n) is 12.2. The Morgan fingerprint density at radius 2 is 1.81 bits per heavy atom. The number of carbonyl (C=O) groups excluding carboxylic acids is 2. The van der Waals surface area contributed by atoms with Crippen molar-refractivity contribution >= 4 is 17.9 Å². The Hall–Kier alpha value is -1.79. The summed E-state index contributed by atoms with van der Waals surface area (Å²) in [5, 5.41) is 11.4. The third-order valence-electron chi connectivity index (χ3n) is 3.89. The van der Waals surface area contributed by atoms with E-state index in [4.69, 9.17) is 5.11 Å². The van der Waals surface area contributed by atoms with E-state index in [0.717, 1.165) is 38.8 Å². The molecule has 3 amide bonds. The Morgan fingerprint density at radius 1 is 1.14 bits per heavy atom. The number of carboxylic acids is 1. The predicted octanol–water partition coefficient (Wildman–Crippen LogP) is 0.648. The molecule has 21 heavy (non-hydrogen) atoms. The van der Waals surface area contributed by atoms with Gasteiger partial charge in [-0.1, -0.05) is 0 Å². The summed E-state index contributed by atoms with van der Waals surface area (Å²) in [5.74, 6) is -0.825. The van der Waals surface area contributed by atoms with Gasteiger partial charge in [-0.3, -0.25) is 9.59 Å². The molecule has 2 fully saturated rings. The van der Waals surface area contributed by atoms with Crippen LogP contribution >= 0.6 is 0 Å². The van der Waals surface area contributed by atoms with Gasteiger partial charge >= 0.3 is 12.0 Å². The fourth-order valence-corrected chi connectivity index (χ4v) is 2.55. The molecule has 0 atom stereocenters. The smallest absolute Gasteiger partial charge is 0.317 e. The third kappa shape index (κ3) is 4.91. The Labute approximate surface area is 124 Å². The van der Waals surface area contributed by atoms with Gasteiger partial charge < -0.3 is 20.2 Å². The lowest BCUT2D eigenvalue weighted by Crippen LogP contribution is -2.43. The molecule has 1 aliphatic carbocycles. The maximum absolute atomic E-state index is 12.0. The minimum absolute atomic E-state index is 0.0450. The van der Waals surface area contributed by atoms with Crippen LogP contribution in [-0.2, 0) is 9.59 Å². The van der Waals surface area contributed by atoms with Gasteiger partial charge in [0.2, 0.25) is 5.91 Å². The van der Waals surface area contributed by atoms with Crippen molar-refractivity contribution in [3.63, 3.8) is 0 Å². The Bertz CT molecular complexity index is 403. The second-order valence-electron chi connectivity index (χ2n) is 5.64. The second kappa shape index (κ2) is 7.28. The summed E-state index contributed by atoms with van der Waals surface area (Å²) in [4.78, 5) is 37.9. The number of amides is 3. The van der Waals surface area contributed by atoms with Crippen LogP contribution in [0.15, 0.2) is 0 Å². The number of likely N-dealkylation sites (tertiary alicyclic amines) is 1. The lowest BCUT2D eigenvalue weighted by molar-refractivity contribution is -0.137. The van der Waals surface area contributed by atoms with Gasteiger partial charge in [0, 0.05) is 38.6 Å². The number of aliphatic carboxylic acids is 1. The van der Waals surface area contributed by atoms with Crippen molar-refractivity contribution < 1.29 is 19.5 Å². The summed E-state index contributed by atoms with van der Waals surface area (Å²) in [6, 6.07) is -0.0911. The van der Waals surface area contributed by atoms with E-state index in [1.54, 1.807) is 4.90 Å². The summed E-state index contributed by atoms with van der Waals surface area (Å²) in [7, 11) is 0. The van der Waals surface area contributed by atoms with Gasteiger partial charge in [-0.05, 0) is 25.7 Å². The van der Waals surface area contributed by atoms with E-state index < -0.39 is 5.97 Å². The minimum atomic E-state index is -0.905. The highest BCUT2D eigenvalue weighted by molar-refractivity contribution is 5.79. The molecule has 0 aromatic carbocycles. The fourth-order valence-electron chi connectivity index (χ4n) is 2.55. The first-order valence-corrected chi connectivity index (χ1v) is 7.62. The van der Waals surface area contributed by atoms with E-state index in [2.05, 4.69) is 5.32 Å². The van der Waals surface area contributed by atoms with Crippen molar-refractivity contribution in [3.8, 4) is 0 Å². The summed E-state index contributed by atoms with van der Waals surface area (Å²) < 4.78 is 0. The van der Waals surface area contributed by atoms with E-state index in [9.17, 15) is 14.4 Å². The number of nitrogens with zero attached hydrogens (tertiary/aromatic N) is 2. The van der Waals surface area contributed by atoms with Gasteiger partial charge in [0.15, 0.2) is 0 Å². The molecule has 0 unspecified atom stereocenters. The van der Waals surface area contributed by atoms with Crippen LogP contribution in [0.4, 0.5) is 4.79 Å². The van der Waals surface area contributed by atoms with Gasteiger partial charge in [0.05, 0.1) is 6.42 Å². The minimum Gasteiger partial charge on any atom is -0.481 e. The summed E-state index contributed by atoms with van der Waals surface area (Å²) >= 11 is 0. The highest BCUT2D eigenvalue weighted by atomic mass is 16.4. The summed E-state index contributed by atoms with van der Waals surface area (Å²) in [6.45, 7) is 2.18. The Kier molecular flexibility index (Phi) is 5.41. The SMILES string of the molecule is O=C(O)CCN(C(=O)NCCC(=O)N1CCCC1)C1CC1. The topological polar surface area (TPSA) is 90.0 Å². The lowest BCUT2D eigenvalue weighted by atomic mass is 10.3. The molecule has 7 heteroatoms. The molecule has 2 N–H and O–H groups in total. The van der Waals surface area contributed by atoms with Gasteiger partial charge in [0.25, 0.3) is 0 Å². The van der Waals surface area contributed by atoms with E-state index in [1.165, 1.54) is 0 Å². The number of urea groups is 1. The molecule has 0 bridgehead atoms. The first-order chi connectivity index (χ1) is 10.1. The van der Waals surface area contributed by atoms with Crippen molar-refractivity contribution in [3.05, 3.63) is 0 Å². The largest absolute Gasteiger partial charge is 0.481 e. The van der Waals surface area contributed by atoms with Gasteiger partial charge in [-0.15, -0.1) is 0 Å². The average molecular weight is 297 g/mol. The van der Waals surface area contributed by atoms with Crippen molar-refractivity contribution in [1.29, 1.82) is 0 Å². The molecule has 1 saturated heterocycles. The molecular formula is C14H23N3O4. The molecule has 2 aliphatic rings. The van der Waals surface area contributed by atoms with Crippen LogP contribution in [-0.4, -0.2) is 65.0 Å². The summed E-state index contributed by atoms with van der Waals surface area (Å²) in [6.07, 6.45) is 4.24. The number of rotatable bonds is 7. The first-order valence-electron chi connectivity index (χ1n) is 7.62. The zero-order valence-corrected chi connectivity index (χ0v) is 12.2. The normalized spacial score (nSPS) is 17.6. The van der Waals surface area contributed by atoms with Crippen LogP contribution in [0.2, 0.25) is 0 Å². The molecule has 0 spiro atoms. The Balaban J connectivity index is 1.69. The van der Waals surface area contributed by atoms with E-state index in [0.29, 0.717) is 13.0 Å². The average Bonchev–Trinajstić information content (AvgIpc) is 3.11. The molecule has 1 saturated carbocycles. The van der Waals surface area contributed by atoms with E-state index >= 15 is 0 Å². The first kappa shape index (κ1) is 15.6. The molecule has 1 heterocycles. The van der Waals surface area contributed by atoms with Crippen molar-refractivity contribution in [1.82, 2.24) is 15.1 Å². The molecule has 7 nitrogen and oxygen atoms in total. The van der Waals surface area contributed by atoms with E-state index in [-0.39, 0.29) is 30.9 Å². The predicted molar refractivity (Wildman–Crippen MR) is 75.8 cm³/mol. The van der Waals surface area contributed by atoms with Crippen LogP contribution in [0.25, 0.3) is 0 Å². The zero-order chi connectivity index (χ0) is 15.2. The molecule has 0 aromatic heterocycles. The second-order valence-corrected chi connectivity index (χ2v) is 5.64. The van der Waals surface area contributed by atoms with Crippen LogP contribution in [0.5, 0.6) is 0 Å². The van der Waals surface area contributed by atoms with Crippen molar-refractivity contribution in [2.75, 3.05) is 26.2 Å². The molecule has 2 rings (SSSR count). The summed E-state index contributed by atoms with van der Waals surface area (Å²) in [5.41, 5.74) is 0. The van der Waals surface area contributed by atoms with Crippen LogP contribution in [0.1, 0.15) is 38.5 Å². The maximum atomic E-state index is 12.0. The van der Waals surface area contributed by atoms with Crippen molar-refractivity contribution in [2.45, 2.75) is 44.6 Å². The monoisotopic (exact) mass is 297 g/mol. The maximum Gasteiger partial charge on any atom is 0.317 e. The van der Waals surface area contributed by atoms with Crippen LogP contribution in [0, 0.1) is 0 Å². The lowest BCUT2D eigenvalue weighted by Gasteiger charge is -2.22. The number of hydrogen-bond acceptors (Lipinski definition) is 3. The van der Waals surface area contributed by atoms with Gasteiger partial charge in [0.1, 0.15) is 0 Å². The van der Waals surface area contributed by atoms with Gasteiger partial charge in [-0.2, -0.15) is 0 Å². The highest BCUT2D eigenvalue weighted by Crippen LogP contribution is 2.26. The van der Waals surface area contributed by atoms with E-state index in [1.807, 2.05) is 4.90 Å². The van der Waals surface area contributed by atoms with Crippen molar-refractivity contribution in [2.24, 2.45) is 0 Å². The Morgan fingerprint density at radius 3 is 2.38 bits per heavy atom. The molecule has 0 radical (unpaired) electrons. The molecule has 0 aromatic rings. The molecule has 118 valence electrons. The van der Waals surface area contributed by atoms with Crippen LogP contribution < -0.4 is 5.32 Å². The van der Waals surface area contributed by atoms with Crippen LogP contribution in [0.3, 0.4) is 0 Å². The number of hydrogen-bond donors (Lipinski definition) is 2. The quantitative estimate of drug-likeness (QED) is 0.722. The number of nitrogens with one attached hydrogen (secondary N) is 1.